The zero-order chi connectivity index (χ0) is 32.7. The molecule has 1 aliphatic heterocycles. The fourth-order valence-corrected chi connectivity index (χ4v) is 6.03. The Morgan fingerprint density at radius 3 is 2.07 bits per heavy atom. The van der Waals surface area contributed by atoms with Crippen LogP contribution in [0, 0.1) is 0 Å². The summed E-state index contributed by atoms with van der Waals surface area (Å²) in [5.41, 5.74) is 6.10. The summed E-state index contributed by atoms with van der Waals surface area (Å²) >= 11 is 1.69. The highest BCUT2D eigenvalue weighted by Crippen LogP contribution is 2.39. The van der Waals surface area contributed by atoms with Crippen LogP contribution in [-0.2, 0) is 37.0 Å². The minimum Gasteiger partial charge on any atom is -0.392 e. The molecule has 0 radical (unpaired) electrons. The van der Waals surface area contributed by atoms with Crippen molar-refractivity contribution >= 4 is 35.2 Å². The molecule has 0 aromatic heterocycles. The summed E-state index contributed by atoms with van der Waals surface area (Å²) < 4.78 is 12.9. The monoisotopic (exact) mass is 649 g/mol. The fourth-order valence-electron chi connectivity index (χ4n) is 5.11. The number of ether oxygens (including phenoxy) is 2. The minimum absolute atomic E-state index is 0.0161. The van der Waals surface area contributed by atoms with Gasteiger partial charge in [0, 0.05) is 54.6 Å². The zero-order valence-electron chi connectivity index (χ0n) is 26.1. The molecule has 1 saturated heterocycles. The lowest BCUT2D eigenvalue weighted by Crippen LogP contribution is -2.31. The van der Waals surface area contributed by atoms with Crippen LogP contribution in [0.2, 0.25) is 0 Å². The largest absolute Gasteiger partial charge is 0.392 e. The van der Waals surface area contributed by atoms with Crippen LogP contribution in [0.25, 0.3) is 0 Å². The summed E-state index contributed by atoms with van der Waals surface area (Å²) in [6.07, 6.45) is 3.63. The first-order valence-corrected chi connectivity index (χ1v) is 16.6. The third-order valence-electron chi connectivity index (χ3n) is 7.65. The predicted molar refractivity (Wildman–Crippen MR) is 176 cm³/mol. The molecular formula is C35H43N3O7S. The van der Waals surface area contributed by atoms with E-state index in [0.29, 0.717) is 31.6 Å². The topological polar surface area (TPSA) is 146 Å². The number of anilines is 1. The second-order valence-corrected chi connectivity index (χ2v) is 12.4. The molecule has 11 heteroatoms. The van der Waals surface area contributed by atoms with Gasteiger partial charge in [0.05, 0.1) is 18.8 Å². The number of hydrogen-bond acceptors (Lipinski definition) is 8. The van der Waals surface area contributed by atoms with Gasteiger partial charge in [-0.3, -0.25) is 19.6 Å². The van der Waals surface area contributed by atoms with E-state index in [9.17, 15) is 19.5 Å². The van der Waals surface area contributed by atoms with E-state index in [0.717, 1.165) is 52.1 Å². The van der Waals surface area contributed by atoms with Crippen LogP contribution in [-0.4, -0.2) is 39.9 Å². The summed E-state index contributed by atoms with van der Waals surface area (Å²) in [5, 5.41) is 23.8. The van der Waals surface area contributed by atoms with Gasteiger partial charge in [-0.2, -0.15) is 0 Å². The lowest BCUT2D eigenvalue weighted by atomic mass is 10.0. The molecule has 0 unspecified atom stereocenters. The van der Waals surface area contributed by atoms with Gasteiger partial charge >= 0.3 is 0 Å². The summed E-state index contributed by atoms with van der Waals surface area (Å²) in [4.78, 5) is 35.8. The molecule has 246 valence electrons. The molecule has 3 atom stereocenters. The third kappa shape index (κ3) is 11.6. The Balaban J connectivity index is 1.32. The smallest absolute Gasteiger partial charge is 0.243 e. The second-order valence-electron chi connectivity index (χ2n) is 11.3. The maximum absolute atomic E-state index is 12.3. The van der Waals surface area contributed by atoms with Crippen LogP contribution in [0.4, 0.5) is 5.69 Å². The number of nitrogens with one attached hydrogen (secondary N) is 3. The van der Waals surface area contributed by atoms with Crippen molar-refractivity contribution in [3.63, 3.8) is 0 Å². The molecule has 0 bridgehead atoms. The highest BCUT2D eigenvalue weighted by Gasteiger charge is 2.32. The molecule has 1 fully saturated rings. The number of hydrogen-bond donors (Lipinski definition) is 5. The Morgan fingerprint density at radius 2 is 1.43 bits per heavy atom. The summed E-state index contributed by atoms with van der Waals surface area (Å²) in [6, 6.07) is 23.4. The number of thioether (sulfide) groups is 1. The number of benzene rings is 3. The maximum atomic E-state index is 12.3. The number of carbonyl (C=O) groups excluding carboxylic acids is 3. The SMILES string of the molecule is CC(=O)Nc1ccc(SC[C@H]2C[C@@H](c3ccc(CO)cc3)O[C@@H](c3ccc(CNC(=O)CCCCCCC(=O)NO)cc3)O2)cc1. The van der Waals surface area contributed by atoms with Crippen LogP contribution < -0.4 is 16.1 Å². The van der Waals surface area contributed by atoms with Gasteiger partial charge in [-0.1, -0.05) is 61.4 Å². The van der Waals surface area contributed by atoms with Crippen molar-refractivity contribution in [3.05, 3.63) is 95.1 Å². The standard InChI is InChI=1S/C35H43N3O7S/c1-24(40)37-29-16-18-31(19-17-29)46-23-30-20-32(27-12-10-26(22-39)11-13-27)45-35(44-30)28-14-8-25(9-15-28)21-36-33(41)6-4-2-3-5-7-34(42)38-43/h8-19,30,32,35,39,43H,2-7,20-23H2,1H3,(H,36,41)(H,37,40)(H,38,42)/t30-,32+,35+/m1/s1. The number of unbranched alkanes of at least 4 members (excludes halogenated alkanes) is 3. The molecule has 1 aliphatic rings. The Bertz CT molecular complexity index is 1400. The van der Waals surface area contributed by atoms with Crippen LogP contribution in [0.1, 0.15) is 86.5 Å². The van der Waals surface area contributed by atoms with E-state index in [2.05, 4.69) is 10.6 Å². The van der Waals surface area contributed by atoms with E-state index in [1.165, 1.54) is 6.92 Å². The maximum Gasteiger partial charge on any atom is 0.243 e. The first kappa shape index (κ1) is 35.1. The van der Waals surface area contributed by atoms with Crippen LogP contribution in [0.15, 0.2) is 77.7 Å². The van der Waals surface area contributed by atoms with E-state index in [4.69, 9.17) is 14.7 Å². The average molecular weight is 650 g/mol. The molecule has 4 rings (SSSR count). The average Bonchev–Trinajstić information content (AvgIpc) is 3.08. The molecule has 1 heterocycles. The quantitative estimate of drug-likeness (QED) is 0.0555. The fraction of sp³-hybridized carbons (Fsp3) is 0.400. The molecule has 5 N–H and O–H groups in total. The van der Waals surface area contributed by atoms with Crippen molar-refractivity contribution in [3.8, 4) is 0 Å². The van der Waals surface area contributed by atoms with Gasteiger partial charge in [0.15, 0.2) is 6.29 Å². The Labute approximate surface area is 274 Å². The van der Waals surface area contributed by atoms with Gasteiger partial charge in [0.25, 0.3) is 0 Å². The Morgan fingerprint density at radius 1 is 0.804 bits per heavy atom. The first-order chi connectivity index (χ1) is 22.3. The van der Waals surface area contributed by atoms with E-state index in [1.807, 2.05) is 72.8 Å². The van der Waals surface area contributed by atoms with E-state index in [1.54, 1.807) is 17.2 Å². The van der Waals surface area contributed by atoms with Gasteiger partial charge in [-0.05, 0) is 53.8 Å². The summed E-state index contributed by atoms with van der Waals surface area (Å²) in [5.74, 6) is 0.203. The van der Waals surface area contributed by atoms with Crippen molar-refractivity contribution < 1.29 is 34.2 Å². The van der Waals surface area contributed by atoms with Gasteiger partial charge in [0.1, 0.15) is 0 Å². The molecule has 10 nitrogen and oxygen atoms in total. The van der Waals surface area contributed by atoms with Gasteiger partial charge in [-0.25, -0.2) is 5.48 Å². The van der Waals surface area contributed by atoms with Crippen LogP contribution >= 0.6 is 11.8 Å². The minimum atomic E-state index is -0.573. The number of hydroxylamine groups is 1. The Hall–Kier alpha value is -3.74. The summed E-state index contributed by atoms with van der Waals surface area (Å²) in [6.45, 7) is 1.89. The highest BCUT2D eigenvalue weighted by molar-refractivity contribution is 7.99. The van der Waals surface area contributed by atoms with E-state index >= 15 is 0 Å². The molecular weight excluding hydrogens is 606 g/mol. The van der Waals surface area contributed by atoms with E-state index < -0.39 is 6.29 Å². The Kier molecular flexibility index (Phi) is 14.1. The molecule has 46 heavy (non-hydrogen) atoms. The van der Waals surface area contributed by atoms with Crippen molar-refractivity contribution in [1.82, 2.24) is 10.8 Å². The van der Waals surface area contributed by atoms with Gasteiger partial charge in [-0.15, -0.1) is 11.8 Å². The van der Waals surface area contributed by atoms with Crippen LogP contribution in [0.3, 0.4) is 0 Å². The lowest BCUT2D eigenvalue weighted by Gasteiger charge is -2.36. The van der Waals surface area contributed by atoms with Gasteiger partial charge in [0.2, 0.25) is 17.7 Å². The molecule has 0 saturated carbocycles. The van der Waals surface area contributed by atoms with Crippen LogP contribution in [0.5, 0.6) is 0 Å². The number of carbonyl (C=O) groups is 3. The number of aliphatic hydroxyl groups is 1. The molecule has 0 spiro atoms. The first-order valence-electron chi connectivity index (χ1n) is 15.6. The second kappa shape index (κ2) is 18.4. The number of aliphatic hydroxyl groups excluding tert-OH is 1. The lowest BCUT2D eigenvalue weighted by molar-refractivity contribution is -0.245. The van der Waals surface area contributed by atoms with E-state index in [-0.39, 0.29) is 43.0 Å². The highest BCUT2D eigenvalue weighted by atomic mass is 32.2. The van der Waals surface area contributed by atoms with Crippen molar-refractivity contribution in [1.29, 1.82) is 0 Å². The number of rotatable bonds is 16. The normalized spacial score (nSPS) is 17.7. The molecule has 3 aromatic rings. The molecule has 3 amide bonds. The molecule has 0 aliphatic carbocycles. The predicted octanol–water partition coefficient (Wildman–Crippen LogP) is 5.94. The van der Waals surface area contributed by atoms with Gasteiger partial charge < -0.3 is 25.2 Å². The van der Waals surface area contributed by atoms with Crippen molar-refractivity contribution in [2.24, 2.45) is 0 Å². The van der Waals surface area contributed by atoms with Crippen molar-refractivity contribution in [2.45, 2.75) is 88.4 Å². The molecule has 3 aromatic carbocycles. The third-order valence-corrected chi connectivity index (χ3v) is 8.79. The van der Waals surface area contributed by atoms with Crippen molar-refractivity contribution in [2.75, 3.05) is 11.1 Å². The zero-order valence-corrected chi connectivity index (χ0v) is 26.9. The number of amides is 3. The summed E-state index contributed by atoms with van der Waals surface area (Å²) in [7, 11) is 0.